The molecule has 2 N–H and O–H groups in total. The van der Waals surface area contributed by atoms with Gasteiger partial charge in [-0.3, -0.25) is 29.4 Å². The Hall–Kier alpha value is -4.87. The molecule has 0 unspecified atom stereocenters. The van der Waals surface area contributed by atoms with Crippen LogP contribution in [0.5, 0.6) is 0 Å². The molecule has 46 heavy (non-hydrogen) atoms. The summed E-state index contributed by atoms with van der Waals surface area (Å²) in [5.74, 6) is -1.66. The van der Waals surface area contributed by atoms with Crippen molar-refractivity contribution < 1.29 is 29.5 Å². The van der Waals surface area contributed by atoms with E-state index in [1.165, 1.54) is 23.1 Å². The lowest BCUT2D eigenvalue weighted by Crippen LogP contribution is -2.44. The number of nitro groups is 1. The minimum absolute atomic E-state index is 0.0295. The van der Waals surface area contributed by atoms with E-state index in [1.54, 1.807) is 28.9 Å². The number of carbonyl (C=O) groups excluding carboxylic acids is 3. The summed E-state index contributed by atoms with van der Waals surface area (Å²) in [7, 11) is 0. The molecule has 0 bridgehead atoms. The van der Waals surface area contributed by atoms with Crippen molar-refractivity contribution in [2.24, 2.45) is 5.92 Å². The van der Waals surface area contributed by atoms with Crippen LogP contribution in [0.1, 0.15) is 49.3 Å². The maximum atomic E-state index is 14.1. The van der Waals surface area contributed by atoms with Crippen LogP contribution >= 0.6 is 0 Å². The topological polar surface area (TPSA) is 145 Å². The number of aliphatic hydroxyl groups excluding tert-OH is 1. The van der Waals surface area contributed by atoms with Crippen molar-refractivity contribution in [3.05, 3.63) is 106 Å². The van der Waals surface area contributed by atoms with Gasteiger partial charge in [-0.25, -0.2) is 0 Å². The number of anilines is 3. The third kappa shape index (κ3) is 5.45. The number of nitrogens with zero attached hydrogens (tertiary/aromatic N) is 4. The Morgan fingerprint density at radius 1 is 1.09 bits per heavy atom. The van der Waals surface area contributed by atoms with E-state index in [0.717, 1.165) is 24.1 Å². The van der Waals surface area contributed by atoms with Gasteiger partial charge in [0.25, 0.3) is 11.6 Å². The van der Waals surface area contributed by atoms with Crippen molar-refractivity contribution in [2.45, 2.75) is 57.2 Å². The fraction of sp³-hybridized carbons (Fsp3) is 0.343. The highest BCUT2D eigenvalue weighted by molar-refractivity contribution is 6.07. The minimum Gasteiger partial charge on any atom is -0.394 e. The third-order valence-electron chi connectivity index (χ3n) is 9.35. The SMILES string of the molecule is C[C@@H](/C=C/CC(=O)N1CCC[C@H]1CO)[C@]1(O)C(=O)N(Cc2cccc(N3C(=O)CCc4ccccc43)c2)c2ccc([N+](=O)[O-])cc21. The Morgan fingerprint density at radius 2 is 1.89 bits per heavy atom. The highest BCUT2D eigenvalue weighted by Gasteiger charge is 2.53. The molecule has 3 aliphatic heterocycles. The summed E-state index contributed by atoms with van der Waals surface area (Å²) in [5, 5.41) is 33.3. The zero-order valence-electron chi connectivity index (χ0n) is 25.5. The standard InChI is InChI=1S/C35H36N4O7/c1-23(7-4-13-32(41)36-18-6-11-28(36)22-40)35(44)29-20-27(39(45)46)15-16-31(29)37(34(35)43)21-24-8-5-10-26(19-24)38-30-12-3-2-9-25(30)14-17-33(38)42/h2-5,7-10,12,15-16,19-20,23,28,40,44H,6,11,13-14,17-18,21-22H2,1H3/b7-4+/t23-,28-,35+/m0/s1. The number of likely N-dealkylation sites (tertiary alicyclic amines) is 1. The van der Waals surface area contributed by atoms with Crippen LogP contribution in [0.4, 0.5) is 22.7 Å². The third-order valence-corrected chi connectivity index (χ3v) is 9.35. The number of aliphatic hydroxyl groups is 2. The molecule has 0 aromatic heterocycles. The summed E-state index contributed by atoms with van der Waals surface area (Å²) in [4.78, 5) is 55.8. The maximum Gasteiger partial charge on any atom is 0.269 e. The van der Waals surface area contributed by atoms with Crippen molar-refractivity contribution in [1.29, 1.82) is 0 Å². The maximum absolute atomic E-state index is 14.1. The van der Waals surface area contributed by atoms with Crippen LogP contribution in [0.15, 0.2) is 78.9 Å². The van der Waals surface area contributed by atoms with Gasteiger partial charge in [-0.15, -0.1) is 0 Å². The van der Waals surface area contributed by atoms with Gasteiger partial charge in [-0.2, -0.15) is 0 Å². The van der Waals surface area contributed by atoms with Gasteiger partial charge < -0.3 is 20.0 Å². The van der Waals surface area contributed by atoms with E-state index >= 15 is 0 Å². The number of nitro benzene ring substituents is 1. The molecule has 3 aliphatic rings. The van der Waals surface area contributed by atoms with Gasteiger partial charge in [0.1, 0.15) is 0 Å². The van der Waals surface area contributed by atoms with E-state index in [1.807, 2.05) is 48.5 Å². The van der Waals surface area contributed by atoms with Gasteiger partial charge in [0.15, 0.2) is 5.60 Å². The molecular weight excluding hydrogens is 588 g/mol. The van der Waals surface area contributed by atoms with Crippen molar-refractivity contribution in [2.75, 3.05) is 23.0 Å². The van der Waals surface area contributed by atoms with E-state index in [-0.39, 0.29) is 48.7 Å². The fourth-order valence-corrected chi connectivity index (χ4v) is 6.88. The number of non-ortho nitro benzene ring substituents is 1. The highest BCUT2D eigenvalue weighted by Crippen LogP contribution is 2.47. The molecule has 3 aromatic carbocycles. The predicted octanol–water partition coefficient (Wildman–Crippen LogP) is 4.51. The molecule has 1 saturated heterocycles. The second-order valence-electron chi connectivity index (χ2n) is 12.1. The van der Waals surface area contributed by atoms with E-state index in [9.17, 15) is 34.7 Å². The largest absolute Gasteiger partial charge is 0.394 e. The molecule has 3 amide bonds. The second-order valence-corrected chi connectivity index (χ2v) is 12.1. The van der Waals surface area contributed by atoms with Crippen LogP contribution in [0.25, 0.3) is 0 Å². The summed E-state index contributed by atoms with van der Waals surface area (Å²) >= 11 is 0. The Bertz CT molecular complexity index is 1740. The van der Waals surface area contributed by atoms with Crippen LogP contribution in [-0.2, 0) is 33.0 Å². The van der Waals surface area contributed by atoms with Gasteiger partial charge in [0, 0.05) is 48.7 Å². The average molecular weight is 625 g/mol. The summed E-state index contributed by atoms with van der Waals surface area (Å²) in [6.45, 7) is 2.16. The smallest absolute Gasteiger partial charge is 0.269 e. The number of rotatable bonds is 9. The minimum atomic E-state index is -2.12. The lowest BCUT2D eigenvalue weighted by molar-refractivity contribution is -0.385. The quantitative estimate of drug-likeness (QED) is 0.203. The molecule has 11 nitrogen and oxygen atoms in total. The van der Waals surface area contributed by atoms with E-state index < -0.39 is 22.3 Å². The second kappa shape index (κ2) is 12.5. The van der Waals surface area contributed by atoms with E-state index in [4.69, 9.17) is 0 Å². The van der Waals surface area contributed by atoms with Crippen LogP contribution in [0, 0.1) is 16.0 Å². The van der Waals surface area contributed by atoms with Gasteiger partial charge in [-0.1, -0.05) is 49.4 Å². The highest BCUT2D eigenvalue weighted by atomic mass is 16.6. The van der Waals surface area contributed by atoms with E-state index in [2.05, 4.69) is 0 Å². The van der Waals surface area contributed by atoms with Gasteiger partial charge in [0.2, 0.25) is 11.8 Å². The van der Waals surface area contributed by atoms with E-state index in [0.29, 0.717) is 36.3 Å². The monoisotopic (exact) mass is 624 g/mol. The molecule has 3 heterocycles. The molecule has 6 rings (SSSR count). The number of aryl methyl sites for hydroxylation is 1. The van der Waals surface area contributed by atoms with Gasteiger partial charge >= 0.3 is 0 Å². The van der Waals surface area contributed by atoms with Crippen LogP contribution in [0.2, 0.25) is 0 Å². The predicted molar refractivity (Wildman–Crippen MR) is 171 cm³/mol. The first-order chi connectivity index (χ1) is 22.1. The number of benzene rings is 3. The zero-order valence-corrected chi connectivity index (χ0v) is 25.5. The molecule has 1 fully saturated rings. The average Bonchev–Trinajstić information content (AvgIpc) is 3.62. The number of hydrogen-bond donors (Lipinski definition) is 2. The molecular formula is C35H36N4O7. The first-order valence-electron chi connectivity index (χ1n) is 15.5. The number of para-hydroxylation sites is 1. The normalized spacial score (nSPS) is 21.5. The molecule has 0 saturated carbocycles. The van der Waals surface area contributed by atoms with Crippen molar-refractivity contribution in [1.82, 2.24) is 4.90 Å². The molecule has 3 atom stereocenters. The molecule has 0 aliphatic carbocycles. The first kappa shape index (κ1) is 31.1. The summed E-state index contributed by atoms with van der Waals surface area (Å²) < 4.78 is 0. The number of fused-ring (bicyclic) bond motifs is 2. The Kier molecular flexibility index (Phi) is 8.45. The molecule has 0 spiro atoms. The molecule has 0 radical (unpaired) electrons. The van der Waals surface area contributed by atoms with Gasteiger partial charge in [0.05, 0.1) is 35.5 Å². The van der Waals surface area contributed by atoms with Crippen molar-refractivity contribution in [3.63, 3.8) is 0 Å². The first-order valence-corrected chi connectivity index (χ1v) is 15.5. The van der Waals surface area contributed by atoms with Crippen LogP contribution in [-0.4, -0.2) is 57.0 Å². The molecule has 238 valence electrons. The number of hydrogen-bond acceptors (Lipinski definition) is 7. The summed E-state index contributed by atoms with van der Waals surface area (Å²) in [6, 6.07) is 18.8. The Labute approximate surface area is 266 Å². The molecule has 11 heteroatoms. The summed E-state index contributed by atoms with van der Waals surface area (Å²) in [5.41, 5.74) is 1.33. The molecule has 3 aromatic rings. The number of carbonyl (C=O) groups is 3. The fourth-order valence-electron chi connectivity index (χ4n) is 6.88. The van der Waals surface area contributed by atoms with Crippen molar-refractivity contribution in [3.8, 4) is 0 Å². The Morgan fingerprint density at radius 3 is 2.67 bits per heavy atom. The number of amides is 3. The zero-order chi connectivity index (χ0) is 32.6. The van der Waals surface area contributed by atoms with Gasteiger partial charge in [-0.05, 0) is 54.7 Å². The summed E-state index contributed by atoms with van der Waals surface area (Å²) in [6.07, 6.45) is 5.82. The lowest BCUT2D eigenvalue weighted by atomic mass is 9.82. The van der Waals surface area contributed by atoms with Crippen molar-refractivity contribution >= 4 is 40.5 Å². The lowest BCUT2D eigenvalue weighted by Gasteiger charge is -2.30. The van der Waals surface area contributed by atoms with Crippen LogP contribution < -0.4 is 9.80 Å². The Balaban J connectivity index is 1.28. The van der Waals surface area contributed by atoms with Crippen LogP contribution in [0.3, 0.4) is 0 Å².